The number of aryl methyl sites for hydroxylation is 1. The Hall–Kier alpha value is -1.09. The summed E-state index contributed by atoms with van der Waals surface area (Å²) < 4.78 is 0. The smallest absolute Gasteiger partial charge is 0.128 e. The fourth-order valence-corrected chi connectivity index (χ4v) is 4.36. The molecule has 3 heteroatoms. The van der Waals surface area contributed by atoms with E-state index in [-0.39, 0.29) is 0 Å². The number of fused-ring (bicyclic) bond motifs is 2. The third kappa shape index (κ3) is 3.23. The van der Waals surface area contributed by atoms with Crippen molar-refractivity contribution in [2.24, 2.45) is 17.8 Å². The summed E-state index contributed by atoms with van der Waals surface area (Å²) in [5.74, 6) is 4.07. The third-order valence-electron chi connectivity index (χ3n) is 5.45. The van der Waals surface area contributed by atoms with Crippen LogP contribution >= 0.6 is 0 Å². The molecule has 2 aliphatic rings. The van der Waals surface area contributed by atoms with Gasteiger partial charge in [-0.25, -0.2) is 4.98 Å². The maximum absolute atomic E-state index is 4.84. The molecule has 1 aromatic heterocycles. The van der Waals surface area contributed by atoms with E-state index in [1.54, 1.807) is 0 Å². The van der Waals surface area contributed by atoms with Crippen molar-refractivity contribution in [1.82, 2.24) is 10.3 Å². The van der Waals surface area contributed by atoms with Crippen molar-refractivity contribution in [3.8, 4) is 0 Å². The van der Waals surface area contributed by atoms with E-state index in [1.807, 2.05) is 7.05 Å². The minimum Gasteiger partial charge on any atom is -0.359 e. The molecular formula is C18H29N3. The van der Waals surface area contributed by atoms with Gasteiger partial charge in [-0.1, -0.05) is 13.3 Å². The lowest BCUT2D eigenvalue weighted by Gasteiger charge is -2.28. The first-order chi connectivity index (χ1) is 10.2. The maximum Gasteiger partial charge on any atom is 0.128 e. The summed E-state index contributed by atoms with van der Waals surface area (Å²) in [5.41, 5.74) is 2.55. The highest BCUT2D eigenvalue weighted by Gasteiger charge is 2.39. The number of nitrogens with zero attached hydrogens (tertiary/aromatic N) is 2. The quantitative estimate of drug-likeness (QED) is 0.870. The zero-order valence-electron chi connectivity index (χ0n) is 13.7. The van der Waals surface area contributed by atoms with Crippen LogP contribution in [0.5, 0.6) is 0 Å². The van der Waals surface area contributed by atoms with Gasteiger partial charge in [0.05, 0.1) is 0 Å². The molecule has 1 aromatic rings. The molecule has 2 aliphatic carbocycles. The largest absolute Gasteiger partial charge is 0.359 e. The summed E-state index contributed by atoms with van der Waals surface area (Å²) in [6.07, 6.45) is 6.90. The minimum atomic E-state index is 0.897. The molecule has 0 aliphatic heterocycles. The third-order valence-corrected chi connectivity index (χ3v) is 5.45. The highest BCUT2D eigenvalue weighted by Crippen LogP contribution is 2.48. The predicted octanol–water partition coefficient (Wildman–Crippen LogP) is 3.24. The van der Waals surface area contributed by atoms with Gasteiger partial charge >= 0.3 is 0 Å². The number of nitrogens with one attached hydrogen (secondary N) is 1. The van der Waals surface area contributed by atoms with E-state index in [9.17, 15) is 0 Å². The molecule has 116 valence electrons. The van der Waals surface area contributed by atoms with E-state index in [2.05, 4.69) is 36.3 Å². The van der Waals surface area contributed by atoms with Crippen LogP contribution in [-0.2, 0) is 13.0 Å². The molecule has 0 radical (unpaired) electrons. The summed E-state index contributed by atoms with van der Waals surface area (Å²) in [6.45, 7) is 4.29. The molecule has 3 nitrogen and oxygen atoms in total. The number of rotatable bonds is 6. The van der Waals surface area contributed by atoms with Gasteiger partial charge in [-0.3, -0.25) is 0 Å². The van der Waals surface area contributed by atoms with E-state index in [0.29, 0.717) is 0 Å². The number of hydrogen-bond acceptors (Lipinski definition) is 3. The molecule has 1 N–H and O–H groups in total. The fourth-order valence-electron chi connectivity index (χ4n) is 4.36. The molecule has 2 bridgehead atoms. The highest BCUT2D eigenvalue weighted by atomic mass is 15.2. The lowest BCUT2D eigenvalue weighted by Crippen LogP contribution is -2.29. The van der Waals surface area contributed by atoms with Gasteiger partial charge in [-0.2, -0.15) is 0 Å². The molecule has 21 heavy (non-hydrogen) atoms. The fraction of sp³-hybridized carbons (Fsp3) is 0.722. The van der Waals surface area contributed by atoms with Crippen molar-refractivity contribution in [3.63, 3.8) is 0 Å². The Labute approximate surface area is 129 Å². The minimum absolute atomic E-state index is 0.897. The van der Waals surface area contributed by atoms with Crippen LogP contribution in [-0.4, -0.2) is 25.6 Å². The van der Waals surface area contributed by atoms with Crippen LogP contribution in [0.3, 0.4) is 0 Å². The Morgan fingerprint density at radius 2 is 2.14 bits per heavy atom. The number of hydrogen-bond donors (Lipinski definition) is 1. The van der Waals surface area contributed by atoms with Gasteiger partial charge in [0.1, 0.15) is 5.82 Å². The Bertz CT molecular complexity index is 485. The van der Waals surface area contributed by atoms with E-state index < -0.39 is 0 Å². The lowest BCUT2D eigenvalue weighted by atomic mass is 9.88. The topological polar surface area (TPSA) is 28.2 Å². The molecule has 2 fully saturated rings. The Morgan fingerprint density at radius 1 is 1.29 bits per heavy atom. The van der Waals surface area contributed by atoms with Crippen molar-refractivity contribution in [2.45, 2.75) is 45.6 Å². The molecule has 2 saturated carbocycles. The Balaban J connectivity index is 1.71. The van der Waals surface area contributed by atoms with Crippen molar-refractivity contribution in [3.05, 3.63) is 23.4 Å². The van der Waals surface area contributed by atoms with Crippen LogP contribution in [0.2, 0.25) is 0 Å². The molecule has 0 spiro atoms. The molecular weight excluding hydrogens is 258 g/mol. The van der Waals surface area contributed by atoms with Gasteiger partial charge in [0.15, 0.2) is 0 Å². The zero-order valence-corrected chi connectivity index (χ0v) is 13.7. The lowest BCUT2D eigenvalue weighted by molar-refractivity contribution is 0.337. The van der Waals surface area contributed by atoms with Gasteiger partial charge in [0.2, 0.25) is 0 Å². The Kier molecular flexibility index (Phi) is 4.48. The average Bonchev–Trinajstić information content (AvgIpc) is 3.09. The monoisotopic (exact) mass is 287 g/mol. The van der Waals surface area contributed by atoms with Crippen molar-refractivity contribution < 1.29 is 0 Å². The van der Waals surface area contributed by atoms with E-state index in [1.165, 1.54) is 43.5 Å². The SMILES string of the molecule is CCc1cc(CNC)cc(N(C)CC2CC3CCC2C3)n1. The molecule has 0 saturated heterocycles. The summed E-state index contributed by atoms with van der Waals surface area (Å²) in [6, 6.07) is 4.48. The van der Waals surface area contributed by atoms with Crippen molar-refractivity contribution in [1.29, 1.82) is 0 Å². The first kappa shape index (κ1) is 14.8. The second-order valence-corrected chi connectivity index (χ2v) is 7.02. The van der Waals surface area contributed by atoms with Crippen LogP contribution in [0.25, 0.3) is 0 Å². The average molecular weight is 287 g/mol. The van der Waals surface area contributed by atoms with Crippen molar-refractivity contribution in [2.75, 3.05) is 25.5 Å². The molecule has 0 amide bonds. The van der Waals surface area contributed by atoms with Gasteiger partial charge in [0.25, 0.3) is 0 Å². The predicted molar refractivity (Wildman–Crippen MR) is 88.6 cm³/mol. The normalized spacial score (nSPS) is 27.3. The summed E-state index contributed by atoms with van der Waals surface area (Å²) >= 11 is 0. The van der Waals surface area contributed by atoms with Crippen LogP contribution in [0.4, 0.5) is 5.82 Å². The van der Waals surface area contributed by atoms with Gasteiger partial charge in [0, 0.05) is 25.8 Å². The van der Waals surface area contributed by atoms with Crippen LogP contribution in [0, 0.1) is 17.8 Å². The summed E-state index contributed by atoms with van der Waals surface area (Å²) in [5, 5.41) is 3.25. The molecule has 3 unspecified atom stereocenters. The van der Waals surface area contributed by atoms with E-state index in [4.69, 9.17) is 4.98 Å². The van der Waals surface area contributed by atoms with E-state index >= 15 is 0 Å². The first-order valence-corrected chi connectivity index (χ1v) is 8.55. The van der Waals surface area contributed by atoms with Gasteiger partial charge in [-0.15, -0.1) is 0 Å². The zero-order chi connectivity index (χ0) is 14.8. The summed E-state index contributed by atoms with van der Waals surface area (Å²) in [4.78, 5) is 7.23. The van der Waals surface area contributed by atoms with Crippen LogP contribution in [0.15, 0.2) is 12.1 Å². The molecule has 1 heterocycles. The molecule has 3 atom stereocenters. The van der Waals surface area contributed by atoms with Crippen LogP contribution < -0.4 is 10.2 Å². The van der Waals surface area contributed by atoms with E-state index in [0.717, 1.165) is 36.5 Å². The molecule has 0 aromatic carbocycles. The second-order valence-electron chi connectivity index (χ2n) is 7.02. The number of aromatic nitrogens is 1. The molecule has 3 rings (SSSR count). The number of anilines is 1. The van der Waals surface area contributed by atoms with Gasteiger partial charge < -0.3 is 10.2 Å². The van der Waals surface area contributed by atoms with Gasteiger partial charge in [-0.05, 0) is 68.2 Å². The number of pyridine rings is 1. The maximum atomic E-state index is 4.84. The standard InChI is InChI=1S/C18H29N3/c1-4-17-9-14(11-19-2)10-18(20-17)21(3)12-16-8-13-5-6-15(16)7-13/h9-10,13,15-16,19H,4-8,11-12H2,1-3H3. The first-order valence-electron chi connectivity index (χ1n) is 8.55. The summed E-state index contributed by atoms with van der Waals surface area (Å²) in [7, 11) is 4.22. The highest BCUT2D eigenvalue weighted by molar-refractivity contribution is 5.42. The van der Waals surface area contributed by atoms with Crippen LogP contribution in [0.1, 0.15) is 43.9 Å². The van der Waals surface area contributed by atoms with Crippen molar-refractivity contribution >= 4 is 5.82 Å². The Morgan fingerprint density at radius 3 is 2.76 bits per heavy atom. The second kappa shape index (κ2) is 6.35.